The molecule has 4 atom stereocenters. The second kappa shape index (κ2) is 8.99. The number of hydrogen-bond acceptors (Lipinski definition) is 8. The van der Waals surface area contributed by atoms with E-state index in [-0.39, 0.29) is 30.6 Å². The van der Waals surface area contributed by atoms with Gasteiger partial charge in [0.1, 0.15) is 6.04 Å². The zero-order chi connectivity index (χ0) is 27.5. The number of carbonyl (C=O) groups excluding carboxylic acids is 3. The van der Waals surface area contributed by atoms with Crippen LogP contribution in [0.15, 0.2) is 36.4 Å². The van der Waals surface area contributed by atoms with Crippen LogP contribution in [0.25, 0.3) is 11.1 Å². The molecule has 3 aromatic rings. The molecule has 6 N–H and O–H groups in total. The number of nitrogens with one attached hydrogen (secondary N) is 2. The molecular weight excluding hydrogens is 498 g/mol. The molecule has 1 saturated heterocycles. The fraction of sp³-hybridized carbons (Fsp3) is 0.370. The van der Waals surface area contributed by atoms with E-state index in [2.05, 4.69) is 32.0 Å². The minimum absolute atomic E-state index is 0.0866. The van der Waals surface area contributed by atoms with Crippen molar-refractivity contribution in [2.24, 2.45) is 17.4 Å². The summed E-state index contributed by atoms with van der Waals surface area (Å²) in [6.45, 7) is 2.06. The van der Waals surface area contributed by atoms with Crippen LogP contribution >= 0.6 is 0 Å². The molecule has 12 nitrogen and oxygen atoms in total. The van der Waals surface area contributed by atoms with E-state index in [1.807, 2.05) is 19.1 Å². The highest BCUT2D eigenvalue weighted by Gasteiger charge is 2.54. The number of benzene rings is 2. The van der Waals surface area contributed by atoms with Crippen molar-refractivity contribution in [2.45, 2.75) is 49.7 Å². The van der Waals surface area contributed by atoms with E-state index in [1.165, 1.54) is 0 Å². The van der Waals surface area contributed by atoms with Crippen molar-refractivity contribution >= 4 is 17.7 Å². The number of H-pyrrole nitrogens is 1. The molecule has 2 aliphatic carbocycles. The van der Waals surface area contributed by atoms with Crippen LogP contribution in [0.4, 0.5) is 0 Å². The topological polar surface area (TPSA) is 197 Å². The minimum atomic E-state index is -0.913. The largest absolute Gasteiger partial charge is 0.366 e. The van der Waals surface area contributed by atoms with E-state index in [4.69, 9.17) is 11.5 Å². The van der Waals surface area contributed by atoms with Gasteiger partial charge in [0.2, 0.25) is 17.7 Å². The normalized spacial score (nSPS) is 22.4. The number of carbonyl (C=O) groups is 3. The van der Waals surface area contributed by atoms with Gasteiger partial charge in [0.25, 0.3) is 0 Å². The Hall–Kier alpha value is -4.63. The monoisotopic (exact) mass is 525 g/mol. The van der Waals surface area contributed by atoms with Crippen LogP contribution in [0.2, 0.25) is 0 Å². The van der Waals surface area contributed by atoms with E-state index >= 15 is 0 Å². The van der Waals surface area contributed by atoms with E-state index in [1.54, 1.807) is 29.2 Å². The van der Waals surface area contributed by atoms with Gasteiger partial charge in [-0.2, -0.15) is 10.5 Å². The van der Waals surface area contributed by atoms with Crippen LogP contribution in [0.1, 0.15) is 63.9 Å². The first-order valence-corrected chi connectivity index (χ1v) is 12.8. The number of hydrogen-bond donors (Lipinski definition) is 4. The lowest BCUT2D eigenvalue weighted by Gasteiger charge is -2.32. The summed E-state index contributed by atoms with van der Waals surface area (Å²) in [7, 11) is 0. The number of nitriles is 1. The highest BCUT2D eigenvalue weighted by Crippen LogP contribution is 2.54. The number of piperidine rings is 1. The molecule has 0 radical (unpaired) electrons. The maximum atomic E-state index is 13.1. The molecule has 39 heavy (non-hydrogen) atoms. The molecule has 2 heterocycles. The molecule has 2 aromatic carbocycles. The van der Waals surface area contributed by atoms with Crippen LogP contribution in [-0.4, -0.2) is 67.9 Å². The molecule has 1 aliphatic heterocycles. The average molecular weight is 526 g/mol. The molecule has 0 bridgehead atoms. The summed E-state index contributed by atoms with van der Waals surface area (Å²) < 4.78 is 0. The molecule has 1 aromatic heterocycles. The molecule has 1 unspecified atom stereocenters. The third-order valence-corrected chi connectivity index (χ3v) is 8.30. The number of fused-ring (bicyclic) bond motifs is 4. The first-order valence-electron chi connectivity index (χ1n) is 12.8. The van der Waals surface area contributed by atoms with Gasteiger partial charge in [-0.05, 0) is 78.6 Å². The molecule has 1 saturated carbocycles. The summed E-state index contributed by atoms with van der Waals surface area (Å²) >= 11 is 0. The Bertz CT molecular complexity index is 1480. The lowest BCUT2D eigenvalue weighted by Crippen LogP contribution is -2.46. The van der Waals surface area contributed by atoms with Crippen LogP contribution in [0.3, 0.4) is 0 Å². The minimum Gasteiger partial charge on any atom is -0.366 e. The van der Waals surface area contributed by atoms with Crippen LogP contribution < -0.4 is 16.8 Å². The lowest BCUT2D eigenvalue weighted by molar-refractivity contribution is -0.131. The molecule has 198 valence electrons. The van der Waals surface area contributed by atoms with E-state index in [9.17, 15) is 19.6 Å². The zero-order valence-electron chi connectivity index (χ0n) is 21.2. The molecule has 0 spiro atoms. The van der Waals surface area contributed by atoms with E-state index in [0.717, 1.165) is 24.0 Å². The second-order valence-electron chi connectivity index (χ2n) is 10.6. The van der Waals surface area contributed by atoms with Crippen molar-refractivity contribution < 1.29 is 14.4 Å². The first-order chi connectivity index (χ1) is 18.7. The van der Waals surface area contributed by atoms with Crippen LogP contribution in [0.5, 0.6) is 0 Å². The quantitative estimate of drug-likeness (QED) is 0.328. The maximum Gasteiger partial charge on any atom is 0.248 e. The number of rotatable bonds is 8. The van der Waals surface area contributed by atoms with Gasteiger partial charge in [0.15, 0.2) is 5.82 Å². The molecule has 3 aliphatic rings. The first kappa shape index (κ1) is 24.7. The number of amides is 3. The number of aromatic amines is 1. The summed E-state index contributed by atoms with van der Waals surface area (Å²) in [6, 6.07) is 12.2. The molecular formula is C27H27N9O3. The Balaban J connectivity index is 1.37. The van der Waals surface area contributed by atoms with Crippen molar-refractivity contribution in [2.75, 3.05) is 6.54 Å². The van der Waals surface area contributed by atoms with Crippen molar-refractivity contribution in [3.8, 4) is 17.2 Å². The van der Waals surface area contributed by atoms with Gasteiger partial charge in [-0.3, -0.25) is 14.4 Å². The molecule has 2 fully saturated rings. The fourth-order valence-corrected chi connectivity index (χ4v) is 6.44. The number of likely N-dealkylation sites (tertiary alicyclic amines) is 1. The summed E-state index contributed by atoms with van der Waals surface area (Å²) in [5, 5.41) is 27.9. The van der Waals surface area contributed by atoms with Crippen LogP contribution in [-0.2, 0) is 10.2 Å². The SMILES string of the molecule is C[C@@H](CC1(c2nn[nH]n2)c2ccc(C(N)=O)cc2-c2cc(C(N)=O)ccc21)NCC(=O)N1C(C#N)C[C@@H]2C[C@@H]21. The Morgan fingerprint density at radius 2 is 1.77 bits per heavy atom. The van der Waals surface area contributed by atoms with E-state index in [0.29, 0.717) is 40.4 Å². The number of primary amides is 2. The van der Waals surface area contributed by atoms with Gasteiger partial charge in [0.05, 0.1) is 18.0 Å². The third kappa shape index (κ3) is 3.85. The predicted molar refractivity (Wildman–Crippen MR) is 138 cm³/mol. The summed E-state index contributed by atoms with van der Waals surface area (Å²) in [4.78, 5) is 38.9. The molecule has 6 rings (SSSR count). The van der Waals surface area contributed by atoms with Gasteiger partial charge in [-0.1, -0.05) is 17.3 Å². The maximum absolute atomic E-state index is 13.1. The van der Waals surface area contributed by atoms with E-state index < -0.39 is 17.2 Å². The average Bonchev–Trinajstić information content (AvgIpc) is 3.26. The number of nitrogens with zero attached hydrogens (tertiary/aromatic N) is 5. The molecule has 3 amide bonds. The lowest BCUT2D eigenvalue weighted by atomic mass is 9.72. The summed E-state index contributed by atoms with van der Waals surface area (Å²) in [5.41, 5.74) is 14.0. The highest BCUT2D eigenvalue weighted by molar-refractivity contribution is 5.98. The fourth-order valence-electron chi connectivity index (χ4n) is 6.44. The van der Waals surface area contributed by atoms with Gasteiger partial charge in [-0.25, -0.2) is 0 Å². The standard InChI is InChI=1S/C27H27N9O3/c1-13(31-12-23(37)36-17(11-28)6-16-9-22(16)36)10-27(26-32-34-35-33-26)20-4-2-14(24(29)38)7-18(20)19-8-15(25(30)39)3-5-21(19)27/h2-5,7-8,13,16-17,22,31H,6,9-10,12H2,1H3,(H2,29,38)(H2,30,39)(H,32,33,34,35)/t13-,16+,17?,22-/m0/s1. The predicted octanol–water partition coefficient (Wildman–Crippen LogP) is 0.593. The Labute approximate surface area is 223 Å². The number of aromatic nitrogens is 4. The summed E-state index contributed by atoms with van der Waals surface area (Å²) in [6.07, 6.45) is 2.14. The Kier molecular flexibility index (Phi) is 5.69. The number of tetrazole rings is 1. The van der Waals surface area contributed by atoms with Gasteiger partial charge < -0.3 is 21.7 Å². The van der Waals surface area contributed by atoms with Gasteiger partial charge in [0, 0.05) is 23.2 Å². The molecule has 12 heteroatoms. The smallest absolute Gasteiger partial charge is 0.248 e. The second-order valence-corrected chi connectivity index (χ2v) is 10.6. The van der Waals surface area contributed by atoms with Crippen molar-refractivity contribution in [1.29, 1.82) is 5.26 Å². The van der Waals surface area contributed by atoms with Crippen LogP contribution in [0, 0.1) is 17.2 Å². The summed E-state index contributed by atoms with van der Waals surface area (Å²) in [5.74, 6) is -0.389. The number of nitrogens with two attached hydrogens (primary N) is 2. The highest BCUT2D eigenvalue weighted by atomic mass is 16.2. The van der Waals surface area contributed by atoms with Crippen molar-refractivity contribution in [3.63, 3.8) is 0 Å². The third-order valence-electron chi connectivity index (χ3n) is 8.30. The zero-order valence-corrected chi connectivity index (χ0v) is 21.2. The Morgan fingerprint density at radius 3 is 2.31 bits per heavy atom. The van der Waals surface area contributed by atoms with Crippen molar-refractivity contribution in [1.82, 2.24) is 30.8 Å². The Morgan fingerprint density at radius 1 is 1.13 bits per heavy atom. The van der Waals surface area contributed by atoms with Gasteiger partial charge >= 0.3 is 0 Å². The van der Waals surface area contributed by atoms with Crippen molar-refractivity contribution in [3.05, 3.63) is 64.5 Å². The van der Waals surface area contributed by atoms with Gasteiger partial charge in [-0.15, -0.1) is 10.2 Å².